The quantitative estimate of drug-likeness (QED) is 0.538. The minimum atomic E-state index is -4.40. The van der Waals surface area contributed by atoms with Gasteiger partial charge in [-0.05, 0) is 36.4 Å². The molecular weight excluding hydrogens is 325 g/mol. The van der Waals surface area contributed by atoms with Gasteiger partial charge in [-0.1, -0.05) is 0 Å². The van der Waals surface area contributed by atoms with Crippen molar-refractivity contribution in [2.75, 3.05) is 0 Å². The molecule has 0 saturated heterocycles. The highest BCUT2D eigenvalue weighted by molar-refractivity contribution is 5.57. The normalized spacial score (nSPS) is 11.5. The molecule has 3 aromatic rings. The molecule has 3 rings (SSSR count). The van der Waals surface area contributed by atoms with Gasteiger partial charge in [0.2, 0.25) is 0 Å². The third-order valence-electron chi connectivity index (χ3n) is 3.29. The van der Waals surface area contributed by atoms with Crippen molar-refractivity contribution in [3.63, 3.8) is 0 Å². The standard InChI is InChI=1S/C15H9F3N4O2/c16-15(17,18)11-3-7-12(8-4-11)21-9-19-14(20-21)10-1-5-13(6-2-10)22(23)24/h1-9H. The molecule has 6 nitrogen and oxygen atoms in total. The first kappa shape index (κ1) is 15.7. The molecule has 0 N–H and O–H groups in total. The Morgan fingerprint density at radius 2 is 1.62 bits per heavy atom. The zero-order valence-corrected chi connectivity index (χ0v) is 11.9. The first-order valence-electron chi connectivity index (χ1n) is 6.69. The summed E-state index contributed by atoms with van der Waals surface area (Å²) in [6.45, 7) is 0. The number of hydrogen-bond donors (Lipinski definition) is 0. The predicted octanol–water partition coefficient (Wildman–Crippen LogP) is 3.86. The number of benzene rings is 2. The number of aromatic nitrogens is 3. The highest BCUT2D eigenvalue weighted by atomic mass is 19.4. The van der Waals surface area contributed by atoms with Crippen molar-refractivity contribution in [3.8, 4) is 17.1 Å². The summed E-state index contributed by atoms with van der Waals surface area (Å²) in [6.07, 6.45) is -3.04. The van der Waals surface area contributed by atoms with Crippen LogP contribution in [0.15, 0.2) is 54.9 Å². The minimum absolute atomic E-state index is 0.0547. The summed E-state index contributed by atoms with van der Waals surface area (Å²) in [6, 6.07) is 10.2. The van der Waals surface area contributed by atoms with Crippen LogP contribution in [0.5, 0.6) is 0 Å². The summed E-state index contributed by atoms with van der Waals surface area (Å²) < 4.78 is 39.0. The zero-order chi connectivity index (χ0) is 17.3. The molecule has 1 aromatic heterocycles. The number of non-ortho nitro benzene ring substituents is 1. The van der Waals surface area contributed by atoms with Gasteiger partial charge in [0, 0.05) is 17.7 Å². The lowest BCUT2D eigenvalue weighted by Crippen LogP contribution is -2.05. The van der Waals surface area contributed by atoms with Crippen molar-refractivity contribution in [3.05, 3.63) is 70.5 Å². The molecular formula is C15H9F3N4O2. The van der Waals surface area contributed by atoms with Gasteiger partial charge < -0.3 is 0 Å². The molecule has 2 aromatic carbocycles. The molecule has 0 radical (unpaired) electrons. The van der Waals surface area contributed by atoms with Crippen LogP contribution in [0.1, 0.15) is 5.56 Å². The molecule has 0 bridgehead atoms. The van der Waals surface area contributed by atoms with E-state index >= 15 is 0 Å². The molecule has 9 heteroatoms. The van der Waals surface area contributed by atoms with Gasteiger partial charge in [0.05, 0.1) is 16.2 Å². The van der Waals surface area contributed by atoms with E-state index in [2.05, 4.69) is 10.1 Å². The maximum Gasteiger partial charge on any atom is 0.416 e. The summed E-state index contributed by atoms with van der Waals surface area (Å²) >= 11 is 0. The van der Waals surface area contributed by atoms with Crippen LogP contribution >= 0.6 is 0 Å². The van der Waals surface area contributed by atoms with Crippen LogP contribution < -0.4 is 0 Å². The van der Waals surface area contributed by atoms with Crippen LogP contribution in [0, 0.1) is 10.1 Å². The lowest BCUT2D eigenvalue weighted by Gasteiger charge is -2.07. The van der Waals surface area contributed by atoms with Crippen molar-refractivity contribution >= 4 is 5.69 Å². The van der Waals surface area contributed by atoms with Gasteiger partial charge in [0.15, 0.2) is 5.82 Å². The van der Waals surface area contributed by atoms with E-state index in [1.165, 1.54) is 47.4 Å². The summed E-state index contributed by atoms with van der Waals surface area (Å²) in [5.74, 6) is 0.310. The summed E-state index contributed by atoms with van der Waals surface area (Å²) in [5.41, 5.74) is 0.179. The van der Waals surface area contributed by atoms with Crippen LogP contribution in [0.4, 0.5) is 18.9 Å². The monoisotopic (exact) mass is 334 g/mol. The third kappa shape index (κ3) is 3.09. The fourth-order valence-corrected chi connectivity index (χ4v) is 2.06. The van der Waals surface area contributed by atoms with E-state index in [0.29, 0.717) is 17.1 Å². The number of hydrogen-bond acceptors (Lipinski definition) is 4. The topological polar surface area (TPSA) is 73.8 Å². The van der Waals surface area contributed by atoms with Crippen LogP contribution in [0.25, 0.3) is 17.1 Å². The van der Waals surface area contributed by atoms with E-state index in [1.54, 1.807) is 0 Å². The second kappa shape index (κ2) is 5.76. The number of alkyl halides is 3. The van der Waals surface area contributed by atoms with E-state index in [4.69, 9.17) is 0 Å². The van der Waals surface area contributed by atoms with Crippen molar-refractivity contribution in [1.29, 1.82) is 0 Å². The summed E-state index contributed by atoms with van der Waals surface area (Å²) in [5, 5.41) is 14.8. The number of nitrogens with zero attached hydrogens (tertiary/aromatic N) is 4. The smallest absolute Gasteiger partial charge is 0.258 e. The second-order valence-corrected chi connectivity index (χ2v) is 4.86. The summed E-state index contributed by atoms with van der Waals surface area (Å²) in [4.78, 5) is 14.2. The molecule has 0 fully saturated rings. The maximum atomic E-state index is 12.6. The first-order valence-corrected chi connectivity index (χ1v) is 6.69. The Morgan fingerprint density at radius 1 is 1.00 bits per heavy atom. The van der Waals surface area contributed by atoms with E-state index in [9.17, 15) is 23.3 Å². The first-order chi connectivity index (χ1) is 11.3. The second-order valence-electron chi connectivity index (χ2n) is 4.86. The molecule has 122 valence electrons. The van der Waals surface area contributed by atoms with Crippen molar-refractivity contribution < 1.29 is 18.1 Å². The van der Waals surface area contributed by atoms with Gasteiger partial charge in [-0.25, -0.2) is 9.67 Å². The third-order valence-corrected chi connectivity index (χ3v) is 3.29. The molecule has 0 spiro atoms. The zero-order valence-electron chi connectivity index (χ0n) is 11.9. The van der Waals surface area contributed by atoms with Gasteiger partial charge >= 0.3 is 6.18 Å². The van der Waals surface area contributed by atoms with Crippen LogP contribution in [0.3, 0.4) is 0 Å². The van der Waals surface area contributed by atoms with Crippen molar-refractivity contribution in [1.82, 2.24) is 14.8 Å². The highest BCUT2D eigenvalue weighted by Crippen LogP contribution is 2.29. The van der Waals surface area contributed by atoms with Crippen LogP contribution in [0.2, 0.25) is 0 Å². The highest BCUT2D eigenvalue weighted by Gasteiger charge is 2.30. The van der Waals surface area contributed by atoms with E-state index in [1.807, 2.05) is 0 Å². The Balaban J connectivity index is 1.86. The van der Waals surface area contributed by atoms with Crippen molar-refractivity contribution in [2.24, 2.45) is 0 Å². The molecule has 0 unspecified atom stereocenters. The molecule has 24 heavy (non-hydrogen) atoms. The molecule has 0 aliphatic heterocycles. The minimum Gasteiger partial charge on any atom is -0.258 e. The number of halogens is 3. The van der Waals surface area contributed by atoms with E-state index in [-0.39, 0.29) is 5.69 Å². The molecule has 0 amide bonds. The SMILES string of the molecule is O=[N+]([O-])c1ccc(-c2ncn(-c3ccc(C(F)(F)F)cc3)n2)cc1. The van der Waals surface area contributed by atoms with Gasteiger partial charge in [-0.3, -0.25) is 10.1 Å². The Kier molecular flexibility index (Phi) is 3.76. The molecule has 0 saturated carbocycles. The number of rotatable bonds is 3. The van der Waals surface area contributed by atoms with E-state index in [0.717, 1.165) is 12.1 Å². The maximum absolute atomic E-state index is 12.6. The lowest BCUT2D eigenvalue weighted by molar-refractivity contribution is -0.384. The fourth-order valence-electron chi connectivity index (χ4n) is 2.06. The van der Waals surface area contributed by atoms with Crippen LogP contribution in [-0.4, -0.2) is 19.7 Å². The fraction of sp³-hybridized carbons (Fsp3) is 0.0667. The largest absolute Gasteiger partial charge is 0.416 e. The Morgan fingerprint density at radius 3 is 2.17 bits per heavy atom. The van der Waals surface area contributed by atoms with Gasteiger partial charge in [0.1, 0.15) is 6.33 Å². The van der Waals surface area contributed by atoms with E-state index < -0.39 is 16.7 Å². The lowest BCUT2D eigenvalue weighted by atomic mass is 10.2. The Bertz CT molecular complexity index is 871. The van der Waals surface area contributed by atoms with Gasteiger partial charge in [0.25, 0.3) is 5.69 Å². The molecule has 0 atom stereocenters. The summed E-state index contributed by atoms with van der Waals surface area (Å²) in [7, 11) is 0. The van der Waals surface area contributed by atoms with Crippen LogP contribution in [-0.2, 0) is 6.18 Å². The molecule has 1 heterocycles. The Labute approximate surface area is 133 Å². The predicted molar refractivity (Wildman–Crippen MR) is 78.5 cm³/mol. The molecule has 0 aliphatic rings. The average molecular weight is 334 g/mol. The number of nitro benzene ring substituents is 1. The van der Waals surface area contributed by atoms with Crippen molar-refractivity contribution in [2.45, 2.75) is 6.18 Å². The molecule has 0 aliphatic carbocycles. The number of nitro groups is 1. The van der Waals surface area contributed by atoms with Gasteiger partial charge in [-0.2, -0.15) is 13.2 Å². The van der Waals surface area contributed by atoms with Gasteiger partial charge in [-0.15, -0.1) is 5.10 Å². The average Bonchev–Trinajstić information content (AvgIpc) is 3.04. The Hall–Kier alpha value is -3.23.